The summed E-state index contributed by atoms with van der Waals surface area (Å²) in [7, 11) is 0. The molecule has 1 aliphatic rings. The summed E-state index contributed by atoms with van der Waals surface area (Å²) < 4.78 is 0. The summed E-state index contributed by atoms with van der Waals surface area (Å²) in [6, 6.07) is 7.01. The largest absolute Gasteiger partial charge is 0.269 e. The zero-order valence-electron chi connectivity index (χ0n) is 11.2. The van der Waals surface area contributed by atoms with Crippen LogP contribution in [0.2, 0.25) is 0 Å². The molecule has 1 aliphatic carbocycles. The van der Waals surface area contributed by atoms with Gasteiger partial charge in [0.1, 0.15) is 0 Å². The fourth-order valence-electron chi connectivity index (χ4n) is 2.96. The van der Waals surface area contributed by atoms with Crippen LogP contribution >= 0.6 is 15.9 Å². The molecular weight excluding hydrogens is 306 g/mol. The molecule has 3 nitrogen and oxygen atoms in total. The molecule has 3 unspecified atom stereocenters. The number of nitrogens with zero attached hydrogens (tertiary/aromatic N) is 1. The molecule has 0 amide bonds. The van der Waals surface area contributed by atoms with Crippen LogP contribution in [-0.2, 0) is 6.42 Å². The topological polar surface area (TPSA) is 43.1 Å². The summed E-state index contributed by atoms with van der Waals surface area (Å²) in [6.45, 7) is 2.27. The molecule has 0 heterocycles. The van der Waals surface area contributed by atoms with Crippen LogP contribution < -0.4 is 0 Å². The van der Waals surface area contributed by atoms with Crippen LogP contribution in [0.15, 0.2) is 24.3 Å². The summed E-state index contributed by atoms with van der Waals surface area (Å²) >= 11 is 3.80. The van der Waals surface area contributed by atoms with Crippen LogP contribution in [0.25, 0.3) is 0 Å². The Kier molecular flexibility index (Phi) is 4.97. The quantitative estimate of drug-likeness (QED) is 0.456. The summed E-state index contributed by atoms with van der Waals surface area (Å²) in [5, 5.41) is 10.6. The molecule has 2 rings (SSSR count). The van der Waals surface area contributed by atoms with Crippen molar-refractivity contribution in [2.45, 2.75) is 43.9 Å². The first kappa shape index (κ1) is 14.5. The van der Waals surface area contributed by atoms with Crippen molar-refractivity contribution in [1.29, 1.82) is 0 Å². The predicted molar refractivity (Wildman–Crippen MR) is 80.6 cm³/mol. The fourth-order valence-corrected chi connectivity index (χ4v) is 3.63. The summed E-state index contributed by atoms with van der Waals surface area (Å²) in [5.41, 5.74) is 1.38. The molecule has 0 aromatic heterocycles. The number of hydrogen-bond donors (Lipinski definition) is 0. The van der Waals surface area contributed by atoms with Gasteiger partial charge in [0.15, 0.2) is 0 Å². The Morgan fingerprint density at radius 2 is 2.00 bits per heavy atom. The number of nitro benzene ring substituents is 1. The molecule has 0 saturated heterocycles. The lowest BCUT2D eigenvalue weighted by Gasteiger charge is -2.33. The number of non-ortho nitro benzene ring substituents is 1. The molecule has 0 radical (unpaired) electrons. The Balaban J connectivity index is 2.01. The van der Waals surface area contributed by atoms with Crippen LogP contribution in [0.3, 0.4) is 0 Å². The lowest BCUT2D eigenvalue weighted by atomic mass is 9.77. The first-order valence-corrected chi connectivity index (χ1v) is 7.89. The highest BCUT2D eigenvalue weighted by molar-refractivity contribution is 9.09. The molecule has 3 atom stereocenters. The van der Waals surface area contributed by atoms with Gasteiger partial charge < -0.3 is 0 Å². The Labute approximate surface area is 122 Å². The second kappa shape index (κ2) is 6.51. The van der Waals surface area contributed by atoms with Gasteiger partial charge in [0.25, 0.3) is 5.69 Å². The van der Waals surface area contributed by atoms with Crippen molar-refractivity contribution in [3.8, 4) is 0 Å². The number of halogens is 1. The summed E-state index contributed by atoms with van der Waals surface area (Å²) in [4.78, 5) is 10.9. The molecule has 1 saturated carbocycles. The molecule has 0 bridgehead atoms. The molecule has 1 aromatic carbocycles. The smallest absolute Gasteiger partial charge is 0.258 e. The first-order valence-electron chi connectivity index (χ1n) is 6.97. The van der Waals surface area contributed by atoms with E-state index in [1.807, 2.05) is 12.1 Å². The van der Waals surface area contributed by atoms with Crippen molar-refractivity contribution >= 4 is 21.6 Å². The van der Waals surface area contributed by atoms with Gasteiger partial charge >= 0.3 is 0 Å². The standard InChI is InChI=1S/C15H20BrNO2/c1-2-11-5-8-15(16)13(9-11)10-12-3-6-14(7-4-12)17(18)19/h3-4,6-7,11,13,15H,2,5,8-10H2,1H3. The Morgan fingerprint density at radius 1 is 1.32 bits per heavy atom. The molecule has 19 heavy (non-hydrogen) atoms. The van der Waals surface area contributed by atoms with E-state index in [2.05, 4.69) is 22.9 Å². The van der Waals surface area contributed by atoms with Gasteiger partial charge in [0, 0.05) is 17.0 Å². The van der Waals surface area contributed by atoms with Crippen LogP contribution in [-0.4, -0.2) is 9.75 Å². The van der Waals surface area contributed by atoms with E-state index in [0.29, 0.717) is 10.7 Å². The second-order valence-electron chi connectivity index (χ2n) is 5.49. The van der Waals surface area contributed by atoms with Gasteiger partial charge in [-0.05, 0) is 43.1 Å². The fraction of sp³-hybridized carbons (Fsp3) is 0.600. The minimum Gasteiger partial charge on any atom is -0.258 e. The zero-order valence-corrected chi connectivity index (χ0v) is 12.8. The summed E-state index contributed by atoms with van der Waals surface area (Å²) in [5.74, 6) is 1.50. The molecule has 1 aromatic rings. The zero-order chi connectivity index (χ0) is 13.8. The third-order valence-corrected chi connectivity index (χ3v) is 5.43. The van der Waals surface area contributed by atoms with E-state index >= 15 is 0 Å². The predicted octanol–water partition coefficient (Wildman–Crippen LogP) is 4.73. The van der Waals surface area contributed by atoms with E-state index in [4.69, 9.17) is 0 Å². The van der Waals surface area contributed by atoms with Crippen LogP contribution in [0, 0.1) is 22.0 Å². The van der Waals surface area contributed by atoms with Crippen LogP contribution in [0.1, 0.15) is 38.2 Å². The van der Waals surface area contributed by atoms with Crippen molar-refractivity contribution in [2.75, 3.05) is 0 Å². The Hall–Kier alpha value is -0.900. The van der Waals surface area contributed by atoms with E-state index in [9.17, 15) is 10.1 Å². The molecule has 0 spiro atoms. The number of nitro groups is 1. The maximum Gasteiger partial charge on any atom is 0.269 e. The second-order valence-corrected chi connectivity index (χ2v) is 6.67. The van der Waals surface area contributed by atoms with E-state index in [1.165, 1.54) is 31.2 Å². The molecule has 1 fully saturated rings. The Bertz CT molecular complexity index is 432. The molecular formula is C15H20BrNO2. The minimum absolute atomic E-state index is 0.175. The number of benzene rings is 1. The van der Waals surface area contributed by atoms with Crippen LogP contribution in [0.4, 0.5) is 5.69 Å². The molecule has 0 aliphatic heterocycles. The highest BCUT2D eigenvalue weighted by Crippen LogP contribution is 2.37. The maximum absolute atomic E-state index is 10.6. The van der Waals surface area contributed by atoms with E-state index in [0.717, 1.165) is 12.3 Å². The van der Waals surface area contributed by atoms with Gasteiger partial charge in [-0.15, -0.1) is 0 Å². The SMILES string of the molecule is CCC1CCC(Br)C(Cc2ccc([N+](=O)[O-])cc2)C1. The minimum atomic E-state index is -0.342. The van der Waals surface area contributed by atoms with Crippen molar-refractivity contribution in [2.24, 2.45) is 11.8 Å². The van der Waals surface area contributed by atoms with Gasteiger partial charge in [-0.2, -0.15) is 0 Å². The number of rotatable bonds is 4. The van der Waals surface area contributed by atoms with Crippen molar-refractivity contribution < 1.29 is 4.92 Å². The normalized spacial score (nSPS) is 27.2. The van der Waals surface area contributed by atoms with E-state index in [-0.39, 0.29) is 10.6 Å². The number of alkyl halides is 1. The highest BCUT2D eigenvalue weighted by Gasteiger charge is 2.28. The molecule has 0 N–H and O–H groups in total. The van der Waals surface area contributed by atoms with Gasteiger partial charge in [0.2, 0.25) is 0 Å². The third kappa shape index (κ3) is 3.78. The van der Waals surface area contributed by atoms with Crippen molar-refractivity contribution in [3.63, 3.8) is 0 Å². The van der Waals surface area contributed by atoms with E-state index < -0.39 is 0 Å². The lowest BCUT2D eigenvalue weighted by molar-refractivity contribution is -0.384. The lowest BCUT2D eigenvalue weighted by Crippen LogP contribution is -2.26. The van der Waals surface area contributed by atoms with Gasteiger partial charge in [0.05, 0.1) is 4.92 Å². The molecule has 4 heteroatoms. The Morgan fingerprint density at radius 3 is 2.58 bits per heavy atom. The third-order valence-electron chi connectivity index (χ3n) is 4.22. The van der Waals surface area contributed by atoms with Gasteiger partial charge in [-0.25, -0.2) is 0 Å². The van der Waals surface area contributed by atoms with Crippen molar-refractivity contribution in [3.05, 3.63) is 39.9 Å². The average molecular weight is 326 g/mol. The highest BCUT2D eigenvalue weighted by atomic mass is 79.9. The number of hydrogen-bond acceptors (Lipinski definition) is 2. The first-order chi connectivity index (χ1) is 9.10. The van der Waals surface area contributed by atoms with Crippen molar-refractivity contribution in [1.82, 2.24) is 0 Å². The van der Waals surface area contributed by atoms with Gasteiger partial charge in [-0.3, -0.25) is 10.1 Å². The average Bonchev–Trinajstić information content (AvgIpc) is 2.42. The van der Waals surface area contributed by atoms with Gasteiger partial charge in [-0.1, -0.05) is 41.4 Å². The molecule has 104 valence electrons. The van der Waals surface area contributed by atoms with E-state index in [1.54, 1.807) is 12.1 Å². The maximum atomic E-state index is 10.6. The van der Waals surface area contributed by atoms with Crippen LogP contribution in [0.5, 0.6) is 0 Å². The summed E-state index contributed by atoms with van der Waals surface area (Å²) in [6.07, 6.45) is 6.11. The monoisotopic (exact) mass is 325 g/mol.